The van der Waals surface area contributed by atoms with Crippen LogP contribution in [0.4, 0.5) is 0 Å². The van der Waals surface area contributed by atoms with Crippen molar-refractivity contribution < 1.29 is 0 Å². The summed E-state index contributed by atoms with van der Waals surface area (Å²) in [6.45, 7) is 4.16. The lowest BCUT2D eigenvalue weighted by Crippen LogP contribution is -2.21. The molecule has 2 nitrogen and oxygen atoms in total. The number of nitrogens with zero attached hydrogens (tertiary/aromatic N) is 1. The van der Waals surface area contributed by atoms with Crippen LogP contribution in [0.3, 0.4) is 0 Å². The molecule has 2 aromatic rings. The average molecular weight is 278 g/mol. The first kappa shape index (κ1) is 13.6. The third kappa shape index (κ3) is 3.57. The van der Waals surface area contributed by atoms with E-state index in [0.29, 0.717) is 0 Å². The van der Waals surface area contributed by atoms with E-state index < -0.39 is 0 Å². The lowest BCUT2D eigenvalue weighted by molar-refractivity contribution is 0.641. The van der Waals surface area contributed by atoms with E-state index in [2.05, 4.69) is 41.6 Å². The van der Waals surface area contributed by atoms with Crippen LogP contribution < -0.4 is 5.73 Å². The van der Waals surface area contributed by atoms with E-state index in [1.165, 1.54) is 10.5 Å². The molecule has 0 saturated carbocycles. The van der Waals surface area contributed by atoms with Crippen molar-refractivity contribution in [3.05, 3.63) is 40.9 Å². The van der Waals surface area contributed by atoms with Crippen molar-refractivity contribution in [1.82, 2.24) is 4.98 Å². The van der Waals surface area contributed by atoms with Crippen LogP contribution in [-0.2, 0) is 6.42 Å². The fraction of sp³-hybridized carbons (Fsp3) is 0.357. The Balaban J connectivity index is 2.16. The minimum Gasteiger partial charge on any atom is -0.327 e. The fourth-order valence-corrected chi connectivity index (χ4v) is 3.61. The van der Waals surface area contributed by atoms with Gasteiger partial charge in [0.1, 0.15) is 0 Å². The monoisotopic (exact) mass is 278 g/mol. The number of nitrogens with two attached hydrogens (primary N) is 1. The Labute approximate surface area is 117 Å². The van der Waals surface area contributed by atoms with Gasteiger partial charge in [-0.3, -0.25) is 0 Å². The average Bonchev–Trinajstić information content (AvgIpc) is 2.77. The summed E-state index contributed by atoms with van der Waals surface area (Å²) >= 11 is 3.44. The van der Waals surface area contributed by atoms with Crippen molar-refractivity contribution in [1.29, 1.82) is 0 Å². The van der Waals surface area contributed by atoms with Crippen LogP contribution in [0.5, 0.6) is 0 Å². The lowest BCUT2D eigenvalue weighted by atomic mass is 10.1. The number of benzene rings is 1. The second kappa shape index (κ2) is 6.36. The Morgan fingerprint density at radius 2 is 2.17 bits per heavy atom. The molecule has 0 aliphatic rings. The van der Waals surface area contributed by atoms with Gasteiger partial charge in [-0.05, 0) is 31.4 Å². The number of hydrogen-bond acceptors (Lipinski definition) is 4. The number of hydrogen-bond donors (Lipinski definition) is 1. The van der Waals surface area contributed by atoms with Crippen LogP contribution in [0.25, 0.3) is 0 Å². The van der Waals surface area contributed by atoms with E-state index in [9.17, 15) is 0 Å². The molecule has 1 heterocycles. The van der Waals surface area contributed by atoms with Crippen molar-refractivity contribution in [3.8, 4) is 0 Å². The summed E-state index contributed by atoms with van der Waals surface area (Å²) in [7, 11) is 0. The zero-order valence-electron chi connectivity index (χ0n) is 10.7. The Morgan fingerprint density at radius 3 is 2.83 bits per heavy atom. The summed E-state index contributed by atoms with van der Waals surface area (Å²) < 4.78 is 1.10. The van der Waals surface area contributed by atoms with Crippen LogP contribution in [0.15, 0.2) is 38.9 Å². The molecule has 0 fully saturated rings. The molecular weight excluding hydrogens is 260 g/mol. The number of aryl methyl sites for hydroxylation is 1. The summed E-state index contributed by atoms with van der Waals surface area (Å²) in [4.78, 5) is 5.77. The fourth-order valence-electron chi connectivity index (χ4n) is 1.67. The van der Waals surface area contributed by atoms with Gasteiger partial charge in [-0.25, -0.2) is 4.98 Å². The predicted octanol–water partition coefficient (Wildman–Crippen LogP) is 3.88. The van der Waals surface area contributed by atoms with Gasteiger partial charge >= 0.3 is 0 Å². The highest BCUT2D eigenvalue weighted by atomic mass is 32.2. The molecule has 1 atom stereocenters. The van der Waals surface area contributed by atoms with Crippen molar-refractivity contribution in [2.45, 2.75) is 42.0 Å². The topological polar surface area (TPSA) is 38.9 Å². The van der Waals surface area contributed by atoms with E-state index in [1.807, 2.05) is 6.92 Å². The van der Waals surface area contributed by atoms with Crippen LogP contribution in [0.1, 0.15) is 24.6 Å². The Kier molecular flexibility index (Phi) is 4.80. The molecule has 1 unspecified atom stereocenters. The molecule has 96 valence electrons. The molecule has 1 aromatic heterocycles. The zero-order chi connectivity index (χ0) is 13.0. The molecule has 0 aliphatic carbocycles. The van der Waals surface area contributed by atoms with Crippen LogP contribution in [-0.4, -0.2) is 11.0 Å². The first-order valence-corrected chi connectivity index (χ1v) is 7.82. The molecule has 0 radical (unpaired) electrons. The minimum absolute atomic E-state index is 0.241. The van der Waals surface area contributed by atoms with Crippen molar-refractivity contribution in [3.63, 3.8) is 0 Å². The van der Waals surface area contributed by atoms with Crippen LogP contribution in [0, 0.1) is 6.92 Å². The largest absolute Gasteiger partial charge is 0.327 e. The standard InChI is InChI=1S/C14H18N2S2/c1-3-12(15)8-11-6-4-5-7-13(11)18-14-16-10(2)9-17-14/h4-7,9,12H,3,8,15H2,1-2H3. The number of thiazole rings is 1. The Hall–Kier alpha value is -0.840. The quantitative estimate of drug-likeness (QED) is 0.902. The molecule has 0 aliphatic heterocycles. The van der Waals surface area contributed by atoms with E-state index in [0.717, 1.165) is 22.9 Å². The predicted molar refractivity (Wildman–Crippen MR) is 79.4 cm³/mol. The second-order valence-corrected chi connectivity index (χ2v) is 6.48. The molecule has 0 saturated heterocycles. The van der Waals surface area contributed by atoms with Gasteiger partial charge in [0.25, 0.3) is 0 Å². The van der Waals surface area contributed by atoms with Gasteiger partial charge in [-0.1, -0.05) is 36.9 Å². The smallest absolute Gasteiger partial charge is 0.154 e. The van der Waals surface area contributed by atoms with Crippen molar-refractivity contribution in [2.24, 2.45) is 5.73 Å². The third-order valence-electron chi connectivity index (χ3n) is 2.77. The number of rotatable bonds is 5. The maximum atomic E-state index is 6.05. The molecule has 0 amide bonds. The number of aromatic nitrogens is 1. The first-order valence-electron chi connectivity index (χ1n) is 6.12. The molecule has 4 heteroatoms. The van der Waals surface area contributed by atoms with Crippen LogP contribution >= 0.6 is 23.1 Å². The first-order chi connectivity index (χ1) is 8.69. The van der Waals surface area contributed by atoms with Gasteiger partial charge in [0, 0.05) is 22.0 Å². The van der Waals surface area contributed by atoms with Gasteiger partial charge in [0.05, 0.1) is 0 Å². The van der Waals surface area contributed by atoms with Crippen molar-refractivity contribution in [2.75, 3.05) is 0 Å². The third-order valence-corrected chi connectivity index (χ3v) is 4.95. The maximum Gasteiger partial charge on any atom is 0.154 e. The van der Waals surface area contributed by atoms with E-state index in [1.54, 1.807) is 23.1 Å². The van der Waals surface area contributed by atoms with Gasteiger partial charge in [0.2, 0.25) is 0 Å². The SMILES string of the molecule is CCC(N)Cc1ccccc1Sc1nc(C)cs1. The second-order valence-electron chi connectivity index (χ2n) is 4.34. The highest BCUT2D eigenvalue weighted by Gasteiger charge is 2.09. The van der Waals surface area contributed by atoms with E-state index in [4.69, 9.17) is 5.73 Å². The molecule has 1 aromatic carbocycles. The van der Waals surface area contributed by atoms with Gasteiger partial charge in [0.15, 0.2) is 4.34 Å². The summed E-state index contributed by atoms with van der Waals surface area (Å²) in [6.07, 6.45) is 1.94. The van der Waals surface area contributed by atoms with E-state index in [-0.39, 0.29) is 6.04 Å². The molecule has 0 spiro atoms. The maximum absolute atomic E-state index is 6.05. The molecule has 18 heavy (non-hydrogen) atoms. The summed E-state index contributed by atoms with van der Waals surface area (Å²) in [5.74, 6) is 0. The minimum atomic E-state index is 0.241. The molecule has 2 rings (SSSR count). The lowest BCUT2D eigenvalue weighted by Gasteiger charge is -2.12. The summed E-state index contributed by atoms with van der Waals surface area (Å²) in [6, 6.07) is 8.71. The molecule has 2 N–H and O–H groups in total. The highest BCUT2D eigenvalue weighted by Crippen LogP contribution is 2.33. The van der Waals surface area contributed by atoms with Gasteiger partial charge < -0.3 is 5.73 Å². The van der Waals surface area contributed by atoms with Crippen molar-refractivity contribution >= 4 is 23.1 Å². The summed E-state index contributed by atoms with van der Waals surface area (Å²) in [5.41, 5.74) is 8.46. The molecule has 0 bridgehead atoms. The normalized spacial score (nSPS) is 12.6. The van der Waals surface area contributed by atoms with E-state index >= 15 is 0 Å². The zero-order valence-corrected chi connectivity index (χ0v) is 12.4. The Bertz CT molecular complexity index is 508. The van der Waals surface area contributed by atoms with Gasteiger partial charge in [-0.2, -0.15) is 0 Å². The highest BCUT2D eigenvalue weighted by molar-refractivity contribution is 8.01. The molecular formula is C14H18N2S2. The van der Waals surface area contributed by atoms with Gasteiger partial charge in [-0.15, -0.1) is 11.3 Å². The summed E-state index contributed by atoms with van der Waals surface area (Å²) in [5, 5.41) is 2.09. The Morgan fingerprint density at radius 1 is 1.39 bits per heavy atom. The van der Waals surface area contributed by atoms with Crippen LogP contribution in [0.2, 0.25) is 0 Å².